The van der Waals surface area contributed by atoms with Crippen molar-refractivity contribution in [3.8, 4) is 11.3 Å². The number of nitrogens with zero attached hydrogens (tertiary/aromatic N) is 4. The van der Waals surface area contributed by atoms with Crippen LogP contribution >= 0.6 is 0 Å². The number of alkyl halides is 3. The molecule has 7 nitrogen and oxygen atoms in total. The minimum absolute atomic E-state index is 0.220. The van der Waals surface area contributed by atoms with Gasteiger partial charge in [-0.2, -0.15) is 18.3 Å². The molecule has 5 rings (SSSR count). The molecule has 1 fully saturated rings. The van der Waals surface area contributed by atoms with Gasteiger partial charge in [0.25, 0.3) is 0 Å². The molecule has 0 bridgehead atoms. The first kappa shape index (κ1) is 19.8. The first-order valence-corrected chi connectivity index (χ1v) is 10.1. The molecule has 2 aliphatic rings. The molecule has 31 heavy (non-hydrogen) atoms. The predicted molar refractivity (Wildman–Crippen MR) is 110 cm³/mol. The second kappa shape index (κ2) is 7.23. The van der Waals surface area contributed by atoms with E-state index in [0.717, 1.165) is 33.4 Å². The fraction of sp³-hybridized carbons (Fsp3) is 0.381. The standard InChI is InChI=1S/C21H21F3N6O/c1-12-6-13(2-4-25-12)19-16-7-14-9-30(15-3-5-29(10-15)11-21(22,23)24)20(31)26-17(14)8-18(16)27-28-19/h2,4,6-8,15H,3,5,9-11H2,1H3,(H,26,31)(H,27,28). The van der Waals surface area contributed by atoms with Gasteiger partial charge in [-0.05, 0) is 43.2 Å². The summed E-state index contributed by atoms with van der Waals surface area (Å²) in [5, 5.41) is 11.3. The number of fused-ring (bicyclic) bond motifs is 2. The van der Waals surface area contributed by atoms with Gasteiger partial charge >= 0.3 is 12.2 Å². The third-order valence-electron chi connectivity index (χ3n) is 5.89. The number of anilines is 1. The van der Waals surface area contributed by atoms with E-state index in [0.29, 0.717) is 25.2 Å². The minimum atomic E-state index is -4.24. The van der Waals surface area contributed by atoms with Crippen LogP contribution in [0.25, 0.3) is 22.2 Å². The zero-order valence-corrected chi connectivity index (χ0v) is 16.8. The molecule has 4 heterocycles. The highest BCUT2D eigenvalue weighted by atomic mass is 19.4. The molecule has 1 aromatic carbocycles. The number of pyridine rings is 1. The van der Waals surface area contributed by atoms with Crippen LogP contribution in [0, 0.1) is 6.92 Å². The van der Waals surface area contributed by atoms with Crippen molar-refractivity contribution in [3.63, 3.8) is 0 Å². The fourth-order valence-corrected chi connectivity index (χ4v) is 4.47. The summed E-state index contributed by atoms with van der Waals surface area (Å²) in [7, 11) is 0. The topological polar surface area (TPSA) is 77.2 Å². The number of carbonyl (C=O) groups excluding carboxylic acids is 1. The molecule has 0 spiro atoms. The van der Waals surface area contributed by atoms with E-state index in [1.165, 1.54) is 4.90 Å². The predicted octanol–water partition coefficient (Wildman–Crippen LogP) is 3.92. The molecular weight excluding hydrogens is 409 g/mol. The lowest BCUT2D eigenvalue weighted by Gasteiger charge is -2.34. The second-order valence-electron chi connectivity index (χ2n) is 8.16. The van der Waals surface area contributed by atoms with E-state index in [1.54, 1.807) is 11.1 Å². The Labute approximate surface area is 176 Å². The smallest absolute Gasteiger partial charge is 0.316 e. The van der Waals surface area contributed by atoms with Crippen molar-refractivity contribution in [3.05, 3.63) is 41.7 Å². The summed E-state index contributed by atoms with van der Waals surface area (Å²) in [6.45, 7) is 1.86. The van der Waals surface area contributed by atoms with Gasteiger partial charge in [-0.1, -0.05) is 0 Å². The highest BCUT2D eigenvalue weighted by Gasteiger charge is 2.38. The van der Waals surface area contributed by atoms with Gasteiger partial charge in [-0.3, -0.25) is 15.0 Å². The summed E-state index contributed by atoms with van der Waals surface area (Å²) in [5.41, 5.74) is 5.02. The third kappa shape index (κ3) is 3.83. The summed E-state index contributed by atoms with van der Waals surface area (Å²) in [4.78, 5) is 19.9. The Morgan fingerprint density at radius 3 is 2.87 bits per heavy atom. The SMILES string of the molecule is Cc1cc(-c2n[nH]c3cc4c(cc23)CN(C2CCN(CC(F)(F)F)C2)C(=O)N4)ccn1. The van der Waals surface area contributed by atoms with Gasteiger partial charge in [0.1, 0.15) is 5.69 Å². The molecule has 2 aromatic heterocycles. The van der Waals surface area contributed by atoms with Crippen molar-refractivity contribution in [2.24, 2.45) is 0 Å². The van der Waals surface area contributed by atoms with Gasteiger partial charge in [0.2, 0.25) is 0 Å². The van der Waals surface area contributed by atoms with Crippen LogP contribution in [0.5, 0.6) is 0 Å². The number of H-pyrrole nitrogens is 1. The van der Waals surface area contributed by atoms with Gasteiger partial charge in [0.05, 0.1) is 12.1 Å². The highest BCUT2D eigenvalue weighted by Crippen LogP contribution is 2.34. The number of likely N-dealkylation sites (tertiary alicyclic amines) is 1. The number of halogens is 3. The Morgan fingerprint density at radius 2 is 2.10 bits per heavy atom. The molecule has 2 amide bonds. The normalized spacial score (nSPS) is 19.7. The maximum atomic E-state index is 12.7. The largest absolute Gasteiger partial charge is 0.401 e. The van der Waals surface area contributed by atoms with Crippen LogP contribution in [0.2, 0.25) is 0 Å². The molecule has 3 aromatic rings. The van der Waals surface area contributed by atoms with Crippen molar-refractivity contribution in [1.29, 1.82) is 0 Å². The van der Waals surface area contributed by atoms with Crippen LogP contribution in [-0.2, 0) is 6.54 Å². The van der Waals surface area contributed by atoms with E-state index in [4.69, 9.17) is 0 Å². The third-order valence-corrected chi connectivity index (χ3v) is 5.89. The quantitative estimate of drug-likeness (QED) is 0.661. The van der Waals surface area contributed by atoms with Gasteiger partial charge < -0.3 is 10.2 Å². The summed E-state index contributed by atoms with van der Waals surface area (Å²) in [6.07, 6.45) is -1.98. The molecule has 0 aliphatic carbocycles. The Hall–Kier alpha value is -3.14. The molecule has 1 atom stereocenters. The lowest BCUT2D eigenvalue weighted by Crippen LogP contribution is -2.46. The summed E-state index contributed by atoms with van der Waals surface area (Å²) < 4.78 is 38.2. The fourth-order valence-electron chi connectivity index (χ4n) is 4.47. The van der Waals surface area contributed by atoms with Crippen LogP contribution in [0.1, 0.15) is 17.7 Å². The maximum Gasteiger partial charge on any atom is 0.401 e. The number of urea groups is 1. The van der Waals surface area contributed by atoms with E-state index >= 15 is 0 Å². The monoisotopic (exact) mass is 430 g/mol. The lowest BCUT2D eigenvalue weighted by atomic mass is 10.0. The molecule has 162 valence electrons. The van der Waals surface area contributed by atoms with E-state index in [-0.39, 0.29) is 18.6 Å². The van der Waals surface area contributed by atoms with E-state index in [1.807, 2.05) is 31.2 Å². The van der Waals surface area contributed by atoms with Crippen LogP contribution in [-0.4, -0.2) is 62.9 Å². The minimum Gasteiger partial charge on any atom is -0.316 e. The van der Waals surface area contributed by atoms with Crippen molar-refractivity contribution in [2.45, 2.75) is 32.1 Å². The Bertz CT molecular complexity index is 1160. The number of aromatic nitrogens is 3. The molecule has 1 saturated heterocycles. The van der Waals surface area contributed by atoms with Crippen LogP contribution in [0.4, 0.5) is 23.7 Å². The number of rotatable bonds is 3. The molecule has 10 heteroatoms. The Morgan fingerprint density at radius 1 is 1.26 bits per heavy atom. The van der Waals surface area contributed by atoms with Crippen LogP contribution < -0.4 is 5.32 Å². The first-order chi connectivity index (χ1) is 14.8. The average Bonchev–Trinajstić information content (AvgIpc) is 3.31. The zero-order valence-electron chi connectivity index (χ0n) is 16.8. The van der Waals surface area contributed by atoms with Crippen LogP contribution in [0.3, 0.4) is 0 Å². The van der Waals surface area contributed by atoms with E-state index < -0.39 is 12.7 Å². The average molecular weight is 430 g/mol. The summed E-state index contributed by atoms with van der Waals surface area (Å²) >= 11 is 0. The van der Waals surface area contributed by atoms with E-state index in [9.17, 15) is 18.0 Å². The van der Waals surface area contributed by atoms with Gasteiger partial charge in [0, 0.05) is 54.2 Å². The maximum absolute atomic E-state index is 12.7. The molecular formula is C21H21F3N6O. The number of hydrogen-bond acceptors (Lipinski definition) is 4. The van der Waals surface area contributed by atoms with Gasteiger partial charge in [0.15, 0.2) is 0 Å². The van der Waals surface area contributed by atoms with Gasteiger partial charge in [-0.25, -0.2) is 4.79 Å². The number of nitrogens with one attached hydrogen (secondary N) is 2. The van der Waals surface area contributed by atoms with Crippen molar-refractivity contribution in [1.82, 2.24) is 25.0 Å². The molecule has 0 saturated carbocycles. The van der Waals surface area contributed by atoms with Crippen molar-refractivity contribution in [2.75, 3.05) is 25.0 Å². The summed E-state index contributed by atoms with van der Waals surface area (Å²) in [6, 6.07) is 7.16. The number of amides is 2. The van der Waals surface area contributed by atoms with Crippen molar-refractivity contribution < 1.29 is 18.0 Å². The number of carbonyl (C=O) groups is 1. The second-order valence-corrected chi connectivity index (χ2v) is 8.16. The molecule has 2 N–H and O–H groups in total. The molecule has 1 unspecified atom stereocenters. The summed E-state index contributed by atoms with van der Waals surface area (Å²) in [5.74, 6) is 0. The number of aromatic amines is 1. The van der Waals surface area contributed by atoms with Gasteiger partial charge in [-0.15, -0.1) is 0 Å². The number of benzene rings is 1. The Kier molecular flexibility index (Phi) is 4.62. The molecule has 0 radical (unpaired) electrons. The lowest BCUT2D eigenvalue weighted by molar-refractivity contribution is -0.143. The van der Waals surface area contributed by atoms with E-state index in [2.05, 4.69) is 20.5 Å². The highest BCUT2D eigenvalue weighted by molar-refractivity contribution is 6.00. The number of aryl methyl sites for hydroxylation is 1. The number of hydrogen-bond donors (Lipinski definition) is 2. The first-order valence-electron chi connectivity index (χ1n) is 10.1. The Balaban J connectivity index is 1.42. The van der Waals surface area contributed by atoms with Crippen LogP contribution in [0.15, 0.2) is 30.5 Å². The molecule has 2 aliphatic heterocycles. The van der Waals surface area contributed by atoms with Crippen molar-refractivity contribution >= 4 is 22.6 Å². The zero-order chi connectivity index (χ0) is 21.8.